The van der Waals surface area contributed by atoms with Crippen LogP contribution in [0.2, 0.25) is 0 Å². The maximum absolute atomic E-state index is 10.9. The van der Waals surface area contributed by atoms with Gasteiger partial charge in [0.25, 0.3) is 0 Å². The number of aromatic amines is 3. The van der Waals surface area contributed by atoms with Crippen LogP contribution in [0.1, 0.15) is 66.5 Å². The van der Waals surface area contributed by atoms with Gasteiger partial charge in [-0.3, -0.25) is 0 Å². The number of imidazole rings is 2. The highest BCUT2D eigenvalue weighted by Gasteiger charge is 1.97. The van der Waals surface area contributed by atoms with Gasteiger partial charge in [-0.15, -0.1) is 0 Å². The summed E-state index contributed by atoms with van der Waals surface area (Å²) in [6.07, 6.45) is 3.79. The van der Waals surface area contributed by atoms with Crippen molar-refractivity contribution >= 4 is 22.1 Å². The molecule has 0 saturated heterocycles. The lowest BCUT2D eigenvalue weighted by Gasteiger charge is -1.94. The molecule has 0 bridgehead atoms. The number of rotatable bonds is 2. The number of aromatic nitrogens is 4. The van der Waals surface area contributed by atoms with Gasteiger partial charge in [-0.2, -0.15) is 0 Å². The highest BCUT2D eigenvalue weighted by molar-refractivity contribution is 5.75. The predicted octanol–water partition coefficient (Wildman–Crippen LogP) is 6.62. The molecule has 0 fully saturated rings. The maximum Gasteiger partial charge on any atom is 0.323 e. The monoisotopic (exact) mass is 398 g/mol. The summed E-state index contributed by atoms with van der Waals surface area (Å²) in [5.41, 5.74) is 6.38. The minimum absolute atomic E-state index is 0.141. The molecule has 4 aromatic rings. The van der Waals surface area contributed by atoms with Crippen molar-refractivity contribution < 1.29 is 0 Å². The van der Waals surface area contributed by atoms with Crippen LogP contribution >= 0.6 is 0 Å². The fraction of sp³-hybridized carbons (Fsp3) is 0.417. The summed E-state index contributed by atoms with van der Waals surface area (Å²) in [6, 6.07) is 12.2. The minimum atomic E-state index is -0.141. The Labute approximate surface area is 175 Å². The van der Waals surface area contributed by atoms with Gasteiger partial charge in [0.1, 0.15) is 0 Å². The molecule has 29 heavy (non-hydrogen) atoms. The molecule has 0 aliphatic carbocycles. The number of nitrogens with zero attached hydrogens (tertiary/aromatic N) is 1. The van der Waals surface area contributed by atoms with E-state index in [1.54, 1.807) is 6.33 Å². The fourth-order valence-corrected chi connectivity index (χ4v) is 2.50. The summed E-state index contributed by atoms with van der Waals surface area (Å²) in [5.74, 6) is 0. The molecule has 160 valence electrons. The van der Waals surface area contributed by atoms with Gasteiger partial charge < -0.3 is 15.0 Å². The first-order valence-corrected chi connectivity index (χ1v) is 10.8. The third-order valence-electron chi connectivity index (χ3n) is 3.88. The molecule has 0 spiro atoms. The second kappa shape index (κ2) is 15.1. The minimum Gasteiger partial charge on any atom is -0.345 e. The lowest BCUT2D eigenvalue weighted by Crippen LogP contribution is -1.99. The lowest BCUT2D eigenvalue weighted by atomic mass is 10.1. The van der Waals surface area contributed by atoms with Crippen molar-refractivity contribution in [1.29, 1.82) is 0 Å². The van der Waals surface area contributed by atoms with E-state index in [0.717, 1.165) is 34.9 Å². The number of benzene rings is 2. The van der Waals surface area contributed by atoms with Crippen LogP contribution in [0.25, 0.3) is 22.1 Å². The van der Waals surface area contributed by atoms with E-state index in [0.29, 0.717) is 0 Å². The molecule has 0 amide bonds. The van der Waals surface area contributed by atoms with Gasteiger partial charge >= 0.3 is 5.69 Å². The zero-order valence-corrected chi connectivity index (χ0v) is 19.3. The van der Waals surface area contributed by atoms with Crippen molar-refractivity contribution in [3.63, 3.8) is 0 Å². The number of fused-ring (bicyclic) bond motifs is 2. The highest BCUT2D eigenvalue weighted by atomic mass is 16.1. The van der Waals surface area contributed by atoms with Gasteiger partial charge in [0.05, 0.1) is 28.4 Å². The van der Waals surface area contributed by atoms with Crippen molar-refractivity contribution in [1.82, 2.24) is 19.9 Å². The average Bonchev–Trinajstić information content (AvgIpc) is 3.42. The first-order valence-electron chi connectivity index (χ1n) is 10.8. The van der Waals surface area contributed by atoms with Crippen molar-refractivity contribution in [2.75, 3.05) is 0 Å². The van der Waals surface area contributed by atoms with Crippen LogP contribution in [0, 0.1) is 0 Å². The summed E-state index contributed by atoms with van der Waals surface area (Å²) < 4.78 is 0. The van der Waals surface area contributed by atoms with Crippen LogP contribution in [-0.2, 0) is 12.8 Å². The van der Waals surface area contributed by atoms with Gasteiger partial charge in [0, 0.05) is 0 Å². The number of hydrogen-bond donors (Lipinski definition) is 3. The normalized spacial score (nSPS) is 9.10. The summed E-state index contributed by atoms with van der Waals surface area (Å²) in [7, 11) is 0. The molecule has 0 aliphatic heterocycles. The van der Waals surface area contributed by atoms with E-state index in [4.69, 9.17) is 0 Å². The van der Waals surface area contributed by atoms with Crippen molar-refractivity contribution in [2.45, 2.75) is 68.2 Å². The van der Waals surface area contributed by atoms with Crippen LogP contribution in [-0.4, -0.2) is 19.9 Å². The van der Waals surface area contributed by atoms with Crippen LogP contribution in [0.15, 0.2) is 47.5 Å². The van der Waals surface area contributed by atoms with Gasteiger partial charge in [-0.05, 0) is 48.2 Å². The largest absolute Gasteiger partial charge is 0.345 e. The van der Waals surface area contributed by atoms with Crippen LogP contribution < -0.4 is 5.69 Å². The lowest BCUT2D eigenvalue weighted by molar-refractivity contribution is 1.14. The van der Waals surface area contributed by atoms with Crippen molar-refractivity contribution in [2.24, 2.45) is 0 Å². The van der Waals surface area contributed by atoms with E-state index in [9.17, 15) is 4.79 Å². The number of H-pyrrole nitrogens is 3. The van der Waals surface area contributed by atoms with Gasteiger partial charge in [-0.1, -0.05) is 67.5 Å². The molecule has 2 heterocycles. The Balaban J connectivity index is 0.000000432. The summed E-state index contributed by atoms with van der Waals surface area (Å²) in [6.45, 7) is 16.2. The Morgan fingerprint density at radius 1 is 0.724 bits per heavy atom. The highest BCUT2D eigenvalue weighted by Crippen LogP contribution is 2.11. The van der Waals surface area contributed by atoms with E-state index >= 15 is 0 Å². The Bertz CT molecular complexity index is 979. The van der Waals surface area contributed by atoms with Crippen LogP contribution in [0.3, 0.4) is 0 Å². The summed E-state index contributed by atoms with van der Waals surface area (Å²) in [5, 5.41) is 0. The Morgan fingerprint density at radius 3 is 1.83 bits per heavy atom. The van der Waals surface area contributed by atoms with Gasteiger partial charge in [0.15, 0.2) is 0 Å². The second-order valence-corrected chi connectivity index (χ2v) is 5.42. The second-order valence-electron chi connectivity index (χ2n) is 5.42. The summed E-state index contributed by atoms with van der Waals surface area (Å²) in [4.78, 5) is 23.5. The van der Waals surface area contributed by atoms with Crippen LogP contribution in [0.4, 0.5) is 0 Å². The molecule has 3 N–H and O–H groups in total. The molecule has 0 unspecified atom stereocenters. The zero-order chi connectivity index (χ0) is 22.2. The molecule has 5 heteroatoms. The smallest absolute Gasteiger partial charge is 0.323 e. The molecule has 0 saturated carbocycles. The molecule has 4 rings (SSSR count). The number of aryl methyl sites for hydroxylation is 2. The Hall–Kier alpha value is -2.82. The van der Waals surface area contributed by atoms with Crippen molar-refractivity contribution in [3.05, 3.63) is 64.3 Å². The predicted molar refractivity (Wildman–Crippen MR) is 128 cm³/mol. The zero-order valence-electron chi connectivity index (χ0n) is 19.3. The molecule has 0 atom stereocenters. The number of hydrogen-bond acceptors (Lipinski definition) is 2. The molecule has 0 radical (unpaired) electrons. The molecule has 2 aromatic heterocycles. The quantitative estimate of drug-likeness (QED) is 0.355. The van der Waals surface area contributed by atoms with E-state index < -0.39 is 0 Å². The first-order chi connectivity index (χ1) is 14.2. The van der Waals surface area contributed by atoms with Crippen LogP contribution in [0.5, 0.6) is 0 Å². The molecule has 5 nitrogen and oxygen atoms in total. The first kappa shape index (κ1) is 26.2. The number of nitrogens with one attached hydrogen (secondary N) is 3. The van der Waals surface area contributed by atoms with E-state index in [-0.39, 0.29) is 5.69 Å². The molecule has 2 aromatic carbocycles. The fourth-order valence-electron chi connectivity index (χ4n) is 2.50. The topological polar surface area (TPSA) is 77.3 Å². The molecular weight excluding hydrogens is 360 g/mol. The van der Waals surface area contributed by atoms with Gasteiger partial charge in [-0.25, -0.2) is 9.78 Å². The Kier molecular flexibility index (Phi) is 13.7. The van der Waals surface area contributed by atoms with Crippen molar-refractivity contribution in [3.8, 4) is 0 Å². The van der Waals surface area contributed by atoms with E-state index in [1.807, 2.05) is 65.8 Å². The molecular formula is C24H38N4O. The SMILES string of the molecule is CC.CC.CC.CCc1ccc2[nH]c(=O)[nH]c2c1.CCc1ccc2nc[nH]c2c1. The van der Waals surface area contributed by atoms with Gasteiger partial charge in [0.2, 0.25) is 0 Å². The standard InChI is InChI=1S/C9H10N2O.C9H10N2.3C2H6/c1-2-6-3-4-7-8(5-6)11-9(12)10-7;1-2-7-3-4-8-9(5-7)11-6-10-8;3*1-2/h3-5H,2H2,1H3,(H2,10,11,12);3-6H,2H2,1H3,(H,10,11);3*1-2H3. The third kappa shape index (κ3) is 7.98. The maximum atomic E-state index is 10.9. The summed E-state index contributed by atoms with van der Waals surface area (Å²) >= 11 is 0. The Morgan fingerprint density at radius 2 is 1.24 bits per heavy atom. The average molecular weight is 399 g/mol. The van der Waals surface area contributed by atoms with E-state index in [1.165, 1.54) is 11.1 Å². The third-order valence-corrected chi connectivity index (χ3v) is 3.88. The molecule has 0 aliphatic rings. The van der Waals surface area contributed by atoms with E-state index in [2.05, 4.69) is 45.9 Å².